The SMILES string of the molecule is NNc1ccc(C=CCCl)cc1. The van der Waals surface area contributed by atoms with E-state index in [1.807, 2.05) is 36.4 Å². The summed E-state index contributed by atoms with van der Waals surface area (Å²) in [5.74, 6) is 5.75. The number of anilines is 1. The highest BCUT2D eigenvalue weighted by Gasteiger charge is 1.87. The van der Waals surface area contributed by atoms with Crippen LogP contribution in [0.3, 0.4) is 0 Å². The van der Waals surface area contributed by atoms with Crippen LogP contribution in [0, 0.1) is 0 Å². The number of nitrogens with two attached hydrogens (primary N) is 1. The maximum Gasteiger partial charge on any atom is 0.0485 e. The van der Waals surface area contributed by atoms with Crippen molar-refractivity contribution in [2.75, 3.05) is 11.3 Å². The molecule has 0 heterocycles. The lowest BCUT2D eigenvalue weighted by Crippen LogP contribution is -2.05. The molecule has 0 unspecified atom stereocenters. The Morgan fingerprint density at radius 1 is 1.33 bits per heavy atom. The van der Waals surface area contributed by atoms with Gasteiger partial charge in [0.25, 0.3) is 0 Å². The fourth-order valence-corrected chi connectivity index (χ4v) is 0.960. The first-order valence-corrected chi connectivity index (χ1v) is 4.19. The van der Waals surface area contributed by atoms with Gasteiger partial charge in [-0.2, -0.15) is 0 Å². The molecule has 3 N–H and O–H groups in total. The monoisotopic (exact) mass is 182 g/mol. The van der Waals surface area contributed by atoms with Gasteiger partial charge in [0.15, 0.2) is 0 Å². The van der Waals surface area contributed by atoms with E-state index in [4.69, 9.17) is 17.4 Å². The lowest BCUT2D eigenvalue weighted by molar-refractivity contribution is 1.35. The molecule has 0 aliphatic carbocycles. The normalized spacial score (nSPS) is 10.5. The molecule has 0 aliphatic rings. The number of halogens is 1. The summed E-state index contributed by atoms with van der Waals surface area (Å²) in [5.41, 5.74) is 4.58. The minimum absolute atomic E-state index is 0.539. The largest absolute Gasteiger partial charge is 0.324 e. The Labute approximate surface area is 77.0 Å². The average Bonchev–Trinajstić information content (AvgIpc) is 2.15. The molecule has 0 aromatic heterocycles. The third kappa shape index (κ3) is 2.57. The molecular weight excluding hydrogens is 172 g/mol. The predicted molar refractivity (Wildman–Crippen MR) is 54.0 cm³/mol. The highest BCUT2D eigenvalue weighted by atomic mass is 35.5. The molecule has 0 fully saturated rings. The zero-order valence-corrected chi connectivity index (χ0v) is 7.38. The molecule has 0 bridgehead atoms. The number of hydrogen-bond donors (Lipinski definition) is 2. The maximum atomic E-state index is 5.49. The fraction of sp³-hybridized carbons (Fsp3) is 0.111. The first-order valence-electron chi connectivity index (χ1n) is 3.66. The van der Waals surface area contributed by atoms with Gasteiger partial charge in [-0.15, -0.1) is 11.6 Å². The quantitative estimate of drug-likeness (QED) is 0.428. The van der Waals surface area contributed by atoms with Crippen LogP contribution in [-0.4, -0.2) is 5.88 Å². The highest BCUT2D eigenvalue weighted by Crippen LogP contribution is 2.09. The van der Waals surface area contributed by atoms with Crippen LogP contribution in [0.2, 0.25) is 0 Å². The Balaban J connectivity index is 2.71. The molecule has 3 heteroatoms. The van der Waals surface area contributed by atoms with Gasteiger partial charge in [0, 0.05) is 11.6 Å². The van der Waals surface area contributed by atoms with Crippen molar-refractivity contribution in [2.45, 2.75) is 0 Å². The Hall–Kier alpha value is -0.990. The summed E-state index contributed by atoms with van der Waals surface area (Å²) < 4.78 is 0. The second-order valence-corrected chi connectivity index (χ2v) is 2.63. The standard InChI is InChI=1S/C9H11ClN2/c10-7-1-2-8-3-5-9(12-11)6-4-8/h1-6,12H,7,11H2. The van der Waals surface area contributed by atoms with E-state index < -0.39 is 0 Å². The Kier molecular flexibility index (Phi) is 3.64. The van der Waals surface area contributed by atoms with E-state index >= 15 is 0 Å². The second kappa shape index (κ2) is 4.80. The topological polar surface area (TPSA) is 38.0 Å². The van der Waals surface area contributed by atoms with Crippen LogP contribution in [0.15, 0.2) is 30.3 Å². The van der Waals surface area contributed by atoms with Crippen LogP contribution < -0.4 is 11.3 Å². The van der Waals surface area contributed by atoms with Gasteiger partial charge in [-0.05, 0) is 17.7 Å². The molecule has 0 spiro atoms. The van der Waals surface area contributed by atoms with Gasteiger partial charge in [-0.3, -0.25) is 5.84 Å². The highest BCUT2D eigenvalue weighted by molar-refractivity contribution is 6.19. The first-order chi connectivity index (χ1) is 5.86. The van der Waals surface area contributed by atoms with Gasteiger partial charge in [0.05, 0.1) is 0 Å². The molecule has 1 rings (SSSR count). The minimum atomic E-state index is 0.539. The molecule has 0 saturated carbocycles. The molecule has 0 atom stereocenters. The van der Waals surface area contributed by atoms with Crippen molar-refractivity contribution in [3.63, 3.8) is 0 Å². The second-order valence-electron chi connectivity index (χ2n) is 2.32. The van der Waals surface area contributed by atoms with Crippen molar-refractivity contribution in [1.29, 1.82) is 0 Å². The summed E-state index contributed by atoms with van der Waals surface area (Å²) in [5, 5.41) is 0. The van der Waals surface area contributed by atoms with E-state index in [0.717, 1.165) is 11.3 Å². The van der Waals surface area contributed by atoms with Gasteiger partial charge in [0.2, 0.25) is 0 Å². The van der Waals surface area contributed by atoms with Gasteiger partial charge in [0.1, 0.15) is 0 Å². The maximum absolute atomic E-state index is 5.49. The van der Waals surface area contributed by atoms with Crippen LogP contribution in [0.1, 0.15) is 5.56 Å². The van der Waals surface area contributed by atoms with Gasteiger partial charge in [-0.25, -0.2) is 0 Å². The molecule has 12 heavy (non-hydrogen) atoms. The number of alkyl halides is 1. The van der Waals surface area contributed by atoms with Gasteiger partial charge in [-0.1, -0.05) is 24.3 Å². The summed E-state index contributed by atoms with van der Waals surface area (Å²) in [6, 6.07) is 7.76. The molecule has 2 nitrogen and oxygen atoms in total. The summed E-state index contributed by atoms with van der Waals surface area (Å²) in [6.45, 7) is 0. The Morgan fingerprint density at radius 3 is 2.50 bits per heavy atom. The number of rotatable bonds is 3. The summed E-state index contributed by atoms with van der Waals surface area (Å²) in [4.78, 5) is 0. The molecule has 0 amide bonds. The molecule has 64 valence electrons. The van der Waals surface area contributed by atoms with Crippen molar-refractivity contribution in [3.8, 4) is 0 Å². The van der Waals surface area contributed by atoms with Crippen LogP contribution in [-0.2, 0) is 0 Å². The number of benzene rings is 1. The Morgan fingerprint density at radius 2 is 2.00 bits per heavy atom. The fourth-order valence-electron chi connectivity index (χ4n) is 0.871. The van der Waals surface area contributed by atoms with Crippen molar-refractivity contribution < 1.29 is 0 Å². The third-order valence-electron chi connectivity index (χ3n) is 1.48. The smallest absolute Gasteiger partial charge is 0.0485 e. The first kappa shape index (κ1) is 9.10. The number of nitrogens with one attached hydrogen (secondary N) is 1. The van der Waals surface area contributed by atoms with E-state index in [1.165, 1.54) is 0 Å². The number of hydrazine groups is 1. The Bertz CT molecular complexity index is 254. The van der Waals surface area contributed by atoms with Crippen LogP contribution in [0.5, 0.6) is 0 Å². The summed E-state index contributed by atoms with van der Waals surface area (Å²) in [7, 11) is 0. The molecule has 1 aromatic carbocycles. The number of allylic oxidation sites excluding steroid dienone is 1. The molecular formula is C9H11ClN2. The van der Waals surface area contributed by atoms with E-state index in [2.05, 4.69) is 5.43 Å². The zero-order valence-electron chi connectivity index (χ0n) is 6.63. The average molecular weight is 183 g/mol. The predicted octanol–water partition coefficient (Wildman–Crippen LogP) is 2.22. The van der Waals surface area contributed by atoms with Gasteiger partial charge < -0.3 is 5.43 Å². The molecule has 1 aromatic rings. The van der Waals surface area contributed by atoms with Crippen LogP contribution >= 0.6 is 11.6 Å². The third-order valence-corrected chi connectivity index (χ3v) is 1.65. The number of hydrogen-bond acceptors (Lipinski definition) is 2. The summed E-state index contributed by atoms with van der Waals surface area (Å²) >= 11 is 5.49. The minimum Gasteiger partial charge on any atom is -0.324 e. The van der Waals surface area contributed by atoms with Gasteiger partial charge >= 0.3 is 0 Å². The zero-order chi connectivity index (χ0) is 8.81. The van der Waals surface area contributed by atoms with Crippen molar-refractivity contribution in [1.82, 2.24) is 0 Å². The lowest BCUT2D eigenvalue weighted by Gasteiger charge is -1.98. The van der Waals surface area contributed by atoms with Crippen LogP contribution in [0.4, 0.5) is 5.69 Å². The van der Waals surface area contributed by atoms with E-state index in [1.54, 1.807) is 0 Å². The van der Waals surface area contributed by atoms with Crippen LogP contribution in [0.25, 0.3) is 6.08 Å². The van der Waals surface area contributed by atoms with E-state index in [0.29, 0.717) is 5.88 Å². The molecule has 0 aliphatic heterocycles. The van der Waals surface area contributed by atoms with Crippen molar-refractivity contribution in [2.24, 2.45) is 5.84 Å². The van der Waals surface area contributed by atoms with E-state index in [9.17, 15) is 0 Å². The summed E-state index contributed by atoms with van der Waals surface area (Å²) in [6.07, 6.45) is 3.86. The van der Waals surface area contributed by atoms with Crippen molar-refractivity contribution in [3.05, 3.63) is 35.9 Å². The lowest BCUT2D eigenvalue weighted by atomic mass is 10.2. The molecule has 0 radical (unpaired) electrons. The van der Waals surface area contributed by atoms with E-state index in [-0.39, 0.29) is 0 Å². The van der Waals surface area contributed by atoms with Crippen molar-refractivity contribution >= 4 is 23.4 Å². The number of nitrogen functional groups attached to an aromatic ring is 1. The molecule has 0 saturated heterocycles.